The van der Waals surface area contributed by atoms with Crippen LogP contribution < -0.4 is 5.43 Å². The van der Waals surface area contributed by atoms with Crippen LogP contribution in [0, 0.1) is 5.92 Å². The van der Waals surface area contributed by atoms with Crippen LogP contribution in [0.2, 0.25) is 0 Å². The highest BCUT2D eigenvalue weighted by Crippen LogP contribution is 2.39. The third kappa shape index (κ3) is 2.33. The molecule has 0 unspecified atom stereocenters. The molecule has 24 heavy (non-hydrogen) atoms. The van der Waals surface area contributed by atoms with Gasteiger partial charge in [-0.25, -0.2) is 10.4 Å². The van der Waals surface area contributed by atoms with Crippen molar-refractivity contribution >= 4 is 11.8 Å². The van der Waals surface area contributed by atoms with Gasteiger partial charge in [0.2, 0.25) is 11.8 Å². The molecule has 5 heteroatoms. The highest BCUT2D eigenvalue weighted by atomic mass is 16.2. The number of carbonyl (C=O) groups excluding carboxylic acids is 2. The summed E-state index contributed by atoms with van der Waals surface area (Å²) in [5.41, 5.74) is 5.27. The third-order valence-corrected chi connectivity index (χ3v) is 4.87. The number of hydrazine groups is 1. The molecule has 0 spiro atoms. The highest BCUT2D eigenvalue weighted by Gasteiger charge is 2.57. The maximum Gasteiger partial charge on any atom is 0.249 e. The van der Waals surface area contributed by atoms with Gasteiger partial charge in [0.05, 0.1) is 18.5 Å². The van der Waals surface area contributed by atoms with E-state index in [0.717, 1.165) is 11.1 Å². The second kappa shape index (κ2) is 5.85. The minimum Gasteiger partial charge on any atom is -0.276 e. The number of nitrogens with zero attached hydrogens (tertiary/aromatic N) is 2. The first kappa shape index (κ1) is 15.1. The van der Waals surface area contributed by atoms with Crippen LogP contribution in [0.3, 0.4) is 0 Å². The Hall–Kier alpha value is -2.50. The lowest BCUT2D eigenvalue weighted by Crippen LogP contribution is -2.42. The van der Waals surface area contributed by atoms with Crippen LogP contribution in [0.5, 0.6) is 0 Å². The van der Waals surface area contributed by atoms with Gasteiger partial charge in [0.15, 0.2) is 0 Å². The van der Waals surface area contributed by atoms with Crippen molar-refractivity contribution in [2.24, 2.45) is 5.92 Å². The monoisotopic (exact) mass is 321 g/mol. The fourth-order valence-corrected chi connectivity index (χ4v) is 3.71. The van der Waals surface area contributed by atoms with Gasteiger partial charge < -0.3 is 0 Å². The zero-order valence-corrected chi connectivity index (χ0v) is 13.4. The molecule has 3 atom stereocenters. The molecule has 0 bridgehead atoms. The number of imide groups is 1. The van der Waals surface area contributed by atoms with Crippen molar-refractivity contribution in [2.45, 2.75) is 18.6 Å². The predicted molar refractivity (Wildman–Crippen MR) is 89.4 cm³/mol. The summed E-state index contributed by atoms with van der Waals surface area (Å²) in [6.45, 7) is 0.334. The van der Waals surface area contributed by atoms with Crippen LogP contribution in [-0.2, 0) is 16.1 Å². The summed E-state index contributed by atoms with van der Waals surface area (Å²) >= 11 is 0. The molecule has 2 saturated heterocycles. The second-order valence-corrected chi connectivity index (χ2v) is 6.35. The van der Waals surface area contributed by atoms with Gasteiger partial charge in [0.25, 0.3) is 0 Å². The molecule has 0 aromatic heterocycles. The maximum absolute atomic E-state index is 13.0. The number of fused-ring (bicyclic) bond motifs is 1. The molecule has 122 valence electrons. The number of amides is 2. The highest BCUT2D eigenvalue weighted by molar-refractivity contribution is 6.07. The van der Waals surface area contributed by atoms with Crippen molar-refractivity contribution in [3.8, 4) is 0 Å². The Kier molecular flexibility index (Phi) is 3.67. The standard InChI is InChI=1S/C19H19N3O2/c1-21-17-15(16(20-21)14-10-6-3-7-11-14)18(23)22(19(17)24)12-13-8-4-2-5-9-13/h2-11,15-17,20H,12H2,1H3/t15-,16+,17+/m0/s1. The first-order valence-corrected chi connectivity index (χ1v) is 8.10. The summed E-state index contributed by atoms with van der Waals surface area (Å²) in [7, 11) is 1.83. The first-order chi connectivity index (χ1) is 11.7. The summed E-state index contributed by atoms with van der Waals surface area (Å²) in [5.74, 6) is -0.601. The average Bonchev–Trinajstić information content (AvgIpc) is 3.08. The lowest BCUT2D eigenvalue weighted by atomic mass is 9.91. The zero-order chi connectivity index (χ0) is 16.7. The van der Waals surface area contributed by atoms with E-state index < -0.39 is 6.04 Å². The number of carbonyl (C=O) groups is 2. The first-order valence-electron chi connectivity index (χ1n) is 8.10. The van der Waals surface area contributed by atoms with E-state index in [1.807, 2.05) is 67.7 Å². The number of likely N-dealkylation sites (tertiary alicyclic amines) is 1. The number of likely N-dealkylation sites (N-methyl/N-ethyl adjacent to an activating group) is 1. The van der Waals surface area contributed by atoms with E-state index in [1.54, 1.807) is 5.01 Å². The van der Waals surface area contributed by atoms with Gasteiger partial charge in [-0.05, 0) is 11.1 Å². The molecule has 0 aliphatic carbocycles. The molecular formula is C19H19N3O2. The molecule has 1 N–H and O–H groups in total. The van der Waals surface area contributed by atoms with Gasteiger partial charge in [0.1, 0.15) is 6.04 Å². The van der Waals surface area contributed by atoms with Crippen LogP contribution >= 0.6 is 0 Å². The largest absolute Gasteiger partial charge is 0.276 e. The molecule has 2 aliphatic heterocycles. The van der Waals surface area contributed by atoms with Gasteiger partial charge in [0, 0.05) is 7.05 Å². The summed E-state index contributed by atoms with van der Waals surface area (Å²) in [6, 6.07) is 18.9. The van der Waals surface area contributed by atoms with Gasteiger partial charge >= 0.3 is 0 Å². The van der Waals surface area contributed by atoms with Crippen molar-refractivity contribution in [2.75, 3.05) is 7.05 Å². The summed E-state index contributed by atoms with van der Waals surface area (Å²) in [5, 5.41) is 1.79. The SMILES string of the molecule is CN1N[C@H](c2ccccc2)[C@@H]2C(=O)N(Cc3ccccc3)C(=O)[C@@H]21. The minimum atomic E-state index is -0.439. The summed E-state index contributed by atoms with van der Waals surface area (Å²) < 4.78 is 0. The van der Waals surface area contributed by atoms with Gasteiger partial charge in [-0.2, -0.15) is 0 Å². The van der Waals surface area contributed by atoms with Crippen molar-refractivity contribution < 1.29 is 9.59 Å². The molecule has 5 nitrogen and oxygen atoms in total. The van der Waals surface area contributed by atoms with Crippen LogP contribution in [0.25, 0.3) is 0 Å². The minimum absolute atomic E-state index is 0.0976. The topological polar surface area (TPSA) is 52.7 Å². The number of hydrogen-bond acceptors (Lipinski definition) is 4. The summed E-state index contributed by atoms with van der Waals surface area (Å²) in [6.07, 6.45) is 0. The molecule has 2 aliphatic rings. The van der Waals surface area contributed by atoms with E-state index in [9.17, 15) is 9.59 Å². The second-order valence-electron chi connectivity index (χ2n) is 6.35. The van der Waals surface area contributed by atoms with Gasteiger partial charge in [-0.15, -0.1) is 0 Å². The fraction of sp³-hybridized carbons (Fsp3) is 0.263. The number of rotatable bonds is 3. The molecule has 2 heterocycles. The van der Waals surface area contributed by atoms with Crippen molar-refractivity contribution in [3.63, 3.8) is 0 Å². The van der Waals surface area contributed by atoms with E-state index in [2.05, 4.69) is 5.43 Å². The van der Waals surface area contributed by atoms with Crippen LogP contribution in [0.15, 0.2) is 60.7 Å². The van der Waals surface area contributed by atoms with Crippen LogP contribution in [0.4, 0.5) is 0 Å². The molecule has 0 radical (unpaired) electrons. The molecule has 2 amide bonds. The fourth-order valence-electron chi connectivity index (χ4n) is 3.71. The van der Waals surface area contributed by atoms with E-state index in [4.69, 9.17) is 0 Å². The lowest BCUT2D eigenvalue weighted by Gasteiger charge is -2.22. The quantitative estimate of drug-likeness (QED) is 0.875. The van der Waals surface area contributed by atoms with Gasteiger partial charge in [-0.1, -0.05) is 60.7 Å². The van der Waals surface area contributed by atoms with Crippen LogP contribution in [0.1, 0.15) is 17.2 Å². The molecule has 0 saturated carbocycles. The van der Waals surface area contributed by atoms with Crippen molar-refractivity contribution in [3.05, 3.63) is 71.8 Å². The van der Waals surface area contributed by atoms with Crippen molar-refractivity contribution in [1.29, 1.82) is 0 Å². The average molecular weight is 321 g/mol. The number of benzene rings is 2. The predicted octanol–water partition coefficient (Wildman–Crippen LogP) is 1.73. The van der Waals surface area contributed by atoms with E-state index in [-0.39, 0.29) is 23.8 Å². The van der Waals surface area contributed by atoms with Crippen molar-refractivity contribution in [1.82, 2.24) is 15.3 Å². The molecular weight excluding hydrogens is 302 g/mol. The zero-order valence-electron chi connectivity index (χ0n) is 13.4. The molecule has 2 fully saturated rings. The Bertz CT molecular complexity index is 763. The van der Waals surface area contributed by atoms with E-state index >= 15 is 0 Å². The van der Waals surface area contributed by atoms with Gasteiger partial charge in [-0.3, -0.25) is 14.5 Å². The summed E-state index contributed by atoms with van der Waals surface area (Å²) in [4.78, 5) is 27.2. The number of hydrogen-bond donors (Lipinski definition) is 1. The lowest BCUT2D eigenvalue weighted by molar-refractivity contribution is -0.142. The molecule has 2 aromatic rings. The third-order valence-electron chi connectivity index (χ3n) is 4.87. The Morgan fingerprint density at radius 2 is 1.54 bits per heavy atom. The Morgan fingerprint density at radius 1 is 0.917 bits per heavy atom. The Balaban J connectivity index is 1.64. The smallest absolute Gasteiger partial charge is 0.249 e. The number of nitrogens with one attached hydrogen (secondary N) is 1. The van der Waals surface area contributed by atoms with E-state index in [1.165, 1.54) is 4.90 Å². The Morgan fingerprint density at radius 3 is 2.21 bits per heavy atom. The van der Waals surface area contributed by atoms with E-state index in [0.29, 0.717) is 6.54 Å². The maximum atomic E-state index is 13.0. The molecule has 4 rings (SSSR count). The molecule has 2 aromatic carbocycles. The Labute approximate surface area is 140 Å². The normalized spacial score (nSPS) is 26.9. The van der Waals surface area contributed by atoms with Crippen LogP contribution in [-0.4, -0.2) is 34.8 Å².